The summed E-state index contributed by atoms with van der Waals surface area (Å²) in [7, 11) is 3.20. The molecule has 3 rings (SSSR count). The van der Waals surface area contributed by atoms with E-state index in [4.69, 9.17) is 14.5 Å². The average Bonchev–Trinajstić information content (AvgIpc) is 3.21. The number of nitrogens with one attached hydrogen (secondary N) is 1. The van der Waals surface area contributed by atoms with Gasteiger partial charge < -0.3 is 19.4 Å². The van der Waals surface area contributed by atoms with Crippen molar-refractivity contribution in [1.29, 1.82) is 0 Å². The molecule has 1 amide bonds. The first-order chi connectivity index (χ1) is 16.7. The van der Waals surface area contributed by atoms with E-state index in [0.717, 1.165) is 36.3 Å². The van der Waals surface area contributed by atoms with Crippen LogP contribution in [0.4, 0.5) is 0 Å². The third kappa shape index (κ3) is 7.24. The van der Waals surface area contributed by atoms with Crippen LogP contribution in [-0.2, 0) is 24.2 Å². The number of ether oxygens (including phenoxy) is 2. The van der Waals surface area contributed by atoms with E-state index in [1.54, 1.807) is 14.2 Å². The van der Waals surface area contributed by atoms with Crippen LogP contribution in [0.5, 0.6) is 11.5 Å². The number of hydrogen-bond donors (Lipinski definition) is 1. The molecule has 6 nitrogen and oxygen atoms in total. The number of methoxy groups -OCH3 is 2. The van der Waals surface area contributed by atoms with Crippen LogP contribution in [0.15, 0.2) is 42.5 Å². The maximum absolute atomic E-state index is 12.4. The summed E-state index contributed by atoms with van der Waals surface area (Å²) >= 11 is 0. The number of para-hydroxylation sites is 2. The maximum Gasteiger partial charge on any atom is 0.224 e. The van der Waals surface area contributed by atoms with Crippen LogP contribution in [0.3, 0.4) is 0 Å². The number of aromatic nitrogens is 2. The number of fused-ring (bicyclic) bond motifs is 1. The highest BCUT2D eigenvalue weighted by molar-refractivity contribution is 5.78. The number of nitrogens with zero attached hydrogens (tertiary/aromatic N) is 2. The molecule has 2 aromatic carbocycles. The van der Waals surface area contributed by atoms with E-state index in [1.807, 2.05) is 24.3 Å². The van der Waals surface area contributed by atoms with Gasteiger partial charge >= 0.3 is 0 Å². The Morgan fingerprint density at radius 2 is 1.71 bits per heavy atom. The van der Waals surface area contributed by atoms with Gasteiger partial charge in [-0.2, -0.15) is 0 Å². The summed E-state index contributed by atoms with van der Waals surface area (Å²) in [5, 5.41) is 3.04. The van der Waals surface area contributed by atoms with Crippen LogP contribution >= 0.6 is 0 Å². The van der Waals surface area contributed by atoms with Gasteiger partial charge in [0.15, 0.2) is 11.5 Å². The lowest BCUT2D eigenvalue weighted by Crippen LogP contribution is -2.26. The van der Waals surface area contributed by atoms with Crippen molar-refractivity contribution in [2.24, 2.45) is 0 Å². The second-order valence-electron chi connectivity index (χ2n) is 8.76. The van der Waals surface area contributed by atoms with Crippen molar-refractivity contribution in [2.75, 3.05) is 20.8 Å². The lowest BCUT2D eigenvalue weighted by Gasteiger charge is -2.11. The second-order valence-corrected chi connectivity index (χ2v) is 8.76. The molecule has 0 aliphatic carbocycles. The van der Waals surface area contributed by atoms with E-state index in [9.17, 15) is 4.79 Å². The van der Waals surface area contributed by atoms with Gasteiger partial charge in [-0.25, -0.2) is 4.98 Å². The van der Waals surface area contributed by atoms with Crippen molar-refractivity contribution < 1.29 is 14.3 Å². The zero-order valence-electron chi connectivity index (χ0n) is 20.9. The lowest BCUT2D eigenvalue weighted by molar-refractivity contribution is -0.120. The minimum Gasteiger partial charge on any atom is -0.493 e. The van der Waals surface area contributed by atoms with Gasteiger partial charge in [0.2, 0.25) is 5.91 Å². The summed E-state index contributed by atoms with van der Waals surface area (Å²) in [6.07, 6.45) is 9.71. The molecule has 0 atom stereocenters. The van der Waals surface area contributed by atoms with Crippen LogP contribution in [0.25, 0.3) is 11.0 Å². The molecule has 184 valence electrons. The third-order valence-electron chi connectivity index (χ3n) is 6.18. The Morgan fingerprint density at radius 1 is 0.941 bits per heavy atom. The van der Waals surface area contributed by atoms with Gasteiger partial charge in [0.05, 0.1) is 31.7 Å². The fourth-order valence-electron chi connectivity index (χ4n) is 4.33. The van der Waals surface area contributed by atoms with Crippen molar-refractivity contribution >= 4 is 16.9 Å². The van der Waals surface area contributed by atoms with Gasteiger partial charge in [0.25, 0.3) is 0 Å². The molecule has 3 aromatic rings. The smallest absolute Gasteiger partial charge is 0.224 e. The molecule has 1 aromatic heterocycles. The van der Waals surface area contributed by atoms with Gasteiger partial charge in [0.1, 0.15) is 5.82 Å². The standard InChI is InChI=1S/C28H39N3O3/c1-4-5-6-7-8-11-19-31-24-14-10-9-13-23(24)30-27(31)15-12-18-29-28(32)21-22-16-17-25(33-2)26(20-22)34-3/h9-10,13-14,16-17,20H,4-8,11-12,15,18-19,21H2,1-3H3,(H,29,32). The Hall–Kier alpha value is -3.02. The van der Waals surface area contributed by atoms with Gasteiger partial charge in [-0.05, 0) is 42.7 Å². The molecule has 0 saturated carbocycles. The third-order valence-corrected chi connectivity index (χ3v) is 6.18. The summed E-state index contributed by atoms with van der Waals surface area (Å²) in [5.74, 6) is 2.42. The first kappa shape index (κ1) is 25.6. The SMILES string of the molecule is CCCCCCCCn1c(CCCNC(=O)Cc2ccc(OC)c(OC)c2)nc2ccccc21. The molecule has 1 heterocycles. The molecule has 0 radical (unpaired) electrons. The van der Waals surface area contributed by atoms with Gasteiger partial charge in [-0.1, -0.05) is 57.2 Å². The summed E-state index contributed by atoms with van der Waals surface area (Å²) in [4.78, 5) is 17.3. The lowest BCUT2D eigenvalue weighted by atomic mass is 10.1. The van der Waals surface area contributed by atoms with Crippen LogP contribution in [0.2, 0.25) is 0 Å². The zero-order chi connectivity index (χ0) is 24.2. The van der Waals surface area contributed by atoms with Gasteiger partial charge in [0, 0.05) is 19.5 Å². The summed E-state index contributed by atoms with van der Waals surface area (Å²) in [6, 6.07) is 13.9. The van der Waals surface area contributed by atoms with E-state index in [-0.39, 0.29) is 5.91 Å². The van der Waals surface area contributed by atoms with E-state index in [2.05, 4.69) is 35.0 Å². The number of amides is 1. The highest BCUT2D eigenvalue weighted by Crippen LogP contribution is 2.27. The molecule has 0 fully saturated rings. The maximum atomic E-state index is 12.4. The molecule has 0 aliphatic heterocycles. The topological polar surface area (TPSA) is 65.4 Å². The molecule has 0 spiro atoms. The number of hydrogen-bond acceptors (Lipinski definition) is 4. The molecule has 6 heteroatoms. The van der Waals surface area contributed by atoms with Crippen molar-refractivity contribution in [2.45, 2.75) is 71.3 Å². The van der Waals surface area contributed by atoms with Crippen LogP contribution in [-0.4, -0.2) is 36.2 Å². The molecule has 0 aliphatic rings. The molecular formula is C28H39N3O3. The van der Waals surface area contributed by atoms with Gasteiger partial charge in [-0.15, -0.1) is 0 Å². The van der Waals surface area contributed by atoms with Crippen LogP contribution < -0.4 is 14.8 Å². The van der Waals surface area contributed by atoms with E-state index in [1.165, 1.54) is 44.0 Å². The Kier molecular flexibility index (Phi) is 10.3. The number of rotatable bonds is 15. The summed E-state index contributed by atoms with van der Waals surface area (Å²) < 4.78 is 13.0. The van der Waals surface area contributed by atoms with Crippen molar-refractivity contribution in [3.63, 3.8) is 0 Å². The zero-order valence-corrected chi connectivity index (χ0v) is 20.9. The molecule has 0 unspecified atom stereocenters. The average molecular weight is 466 g/mol. The number of carbonyl (C=O) groups is 1. The number of benzene rings is 2. The monoisotopic (exact) mass is 465 g/mol. The Labute approximate surface area is 203 Å². The molecule has 0 saturated heterocycles. The Balaban J connectivity index is 1.49. The van der Waals surface area contributed by atoms with E-state index in [0.29, 0.717) is 24.5 Å². The molecule has 0 bridgehead atoms. The van der Waals surface area contributed by atoms with Crippen molar-refractivity contribution in [3.8, 4) is 11.5 Å². The van der Waals surface area contributed by atoms with E-state index >= 15 is 0 Å². The summed E-state index contributed by atoms with van der Waals surface area (Å²) in [6.45, 7) is 3.89. The second kappa shape index (κ2) is 13.6. The predicted octanol–water partition coefficient (Wildman–Crippen LogP) is 5.71. The first-order valence-electron chi connectivity index (χ1n) is 12.6. The molecule has 34 heavy (non-hydrogen) atoms. The number of carbonyl (C=O) groups excluding carboxylic acids is 1. The minimum atomic E-state index is 0.00722. The fourth-order valence-corrected chi connectivity index (χ4v) is 4.33. The highest BCUT2D eigenvalue weighted by atomic mass is 16.5. The Bertz CT molecular complexity index is 1040. The van der Waals surface area contributed by atoms with Crippen molar-refractivity contribution in [3.05, 3.63) is 53.9 Å². The largest absolute Gasteiger partial charge is 0.493 e. The predicted molar refractivity (Wildman–Crippen MR) is 138 cm³/mol. The first-order valence-corrected chi connectivity index (χ1v) is 12.6. The van der Waals surface area contributed by atoms with Crippen molar-refractivity contribution in [1.82, 2.24) is 14.9 Å². The number of unbranched alkanes of at least 4 members (excludes halogenated alkanes) is 5. The normalized spacial score (nSPS) is 11.0. The van der Waals surface area contributed by atoms with E-state index < -0.39 is 0 Å². The molecular weight excluding hydrogens is 426 g/mol. The minimum absolute atomic E-state index is 0.00722. The highest BCUT2D eigenvalue weighted by Gasteiger charge is 2.11. The fraction of sp³-hybridized carbons (Fsp3) is 0.500. The number of aryl methyl sites for hydroxylation is 2. The number of imidazole rings is 1. The van der Waals surface area contributed by atoms with Crippen LogP contribution in [0.1, 0.15) is 63.3 Å². The van der Waals surface area contributed by atoms with Crippen LogP contribution in [0, 0.1) is 0 Å². The quantitative estimate of drug-likeness (QED) is 0.292. The molecule has 1 N–H and O–H groups in total. The Morgan fingerprint density at radius 3 is 2.50 bits per heavy atom. The summed E-state index contributed by atoms with van der Waals surface area (Å²) in [5.41, 5.74) is 3.17. The van der Waals surface area contributed by atoms with Gasteiger partial charge in [-0.3, -0.25) is 4.79 Å².